The van der Waals surface area contributed by atoms with E-state index in [4.69, 9.17) is 0 Å². The van der Waals surface area contributed by atoms with E-state index in [2.05, 4.69) is 10.5 Å². The van der Waals surface area contributed by atoms with Gasteiger partial charge in [-0.3, -0.25) is 4.79 Å². The molecule has 1 aliphatic carbocycles. The Balaban J connectivity index is 2.03. The van der Waals surface area contributed by atoms with Crippen molar-refractivity contribution >= 4 is 11.6 Å². The van der Waals surface area contributed by atoms with Crippen LogP contribution in [0.4, 0.5) is 0 Å². The summed E-state index contributed by atoms with van der Waals surface area (Å²) in [5.74, 6) is 0.0451. The average molecular weight is 276 g/mol. The summed E-state index contributed by atoms with van der Waals surface area (Å²) in [4.78, 5) is 12.0. The van der Waals surface area contributed by atoms with Crippen LogP contribution in [0.3, 0.4) is 0 Å². The van der Waals surface area contributed by atoms with Crippen LogP contribution in [0.2, 0.25) is 0 Å². The van der Waals surface area contributed by atoms with Gasteiger partial charge in [-0.25, -0.2) is 5.43 Å². The summed E-state index contributed by atoms with van der Waals surface area (Å²) in [6, 6.07) is 4.21. The maximum atomic E-state index is 12.0. The van der Waals surface area contributed by atoms with E-state index in [9.17, 15) is 15.0 Å². The topological polar surface area (TPSA) is 81.9 Å². The Morgan fingerprint density at radius 3 is 2.65 bits per heavy atom. The molecular weight excluding hydrogens is 256 g/mol. The molecule has 0 radical (unpaired) electrons. The van der Waals surface area contributed by atoms with Gasteiger partial charge in [-0.1, -0.05) is 19.3 Å². The van der Waals surface area contributed by atoms with Crippen LogP contribution in [0.25, 0.3) is 0 Å². The van der Waals surface area contributed by atoms with Gasteiger partial charge >= 0.3 is 0 Å². The normalized spacial score (nSPS) is 16.9. The number of benzene rings is 1. The summed E-state index contributed by atoms with van der Waals surface area (Å²) in [7, 11) is 0. The van der Waals surface area contributed by atoms with Crippen LogP contribution in [0.1, 0.15) is 44.6 Å². The fourth-order valence-corrected chi connectivity index (χ4v) is 2.47. The van der Waals surface area contributed by atoms with Gasteiger partial charge < -0.3 is 10.2 Å². The van der Waals surface area contributed by atoms with Gasteiger partial charge in [0.25, 0.3) is 0 Å². The third kappa shape index (κ3) is 3.50. The van der Waals surface area contributed by atoms with Crippen molar-refractivity contribution in [2.24, 2.45) is 11.0 Å². The van der Waals surface area contributed by atoms with Gasteiger partial charge in [-0.05, 0) is 38.0 Å². The number of phenols is 2. The molecule has 1 aliphatic rings. The van der Waals surface area contributed by atoms with Crippen LogP contribution in [-0.4, -0.2) is 21.8 Å². The molecule has 0 unspecified atom stereocenters. The SMILES string of the molecule is C/C(=N/NC(=O)C1CCCCC1)c1cc(O)ccc1O. The number of phenolic OH excluding ortho intramolecular Hbond substituents is 2. The number of amides is 1. The lowest BCUT2D eigenvalue weighted by Gasteiger charge is -2.19. The first-order valence-electron chi connectivity index (χ1n) is 6.94. The molecule has 5 nitrogen and oxygen atoms in total. The summed E-state index contributed by atoms with van der Waals surface area (Å²) in [5.41, 5.74) is 3.43. The second-order valence-corrected chi connectivity index (χ2v) is 5.21. The number of hydrogen-bond acceptors (Lipinski definition) is 4. The zero-order chi connectivity index (χ0) is 14.5. The summed E-state index contributed by atoms with van der Waals surface area (Å²) >= 11 is 0. The van der Waals surface area contributed by atoms with Crippen molar-refractivity contribution < 1.29 is 15.0 Å². The molecule has 1 amide bonds. The first-order valence-corrected chi connectivity index (χ1v) is 6.94. The van der Waals surface area contributed by atoms with Crippen LogP contribution in [0, 0.1) is 5.92 Å². The van der Waals surface area contributed by atoms with E-state index < -0.39 is 0 Å². The molecule has 2 rings (SSSR count). The zero-order valence-electron chi connectivity index (χ0n) is 11.6. The lowest BCUT2D eigenvalue weighted by molar-refractivity contribution is -0.125. The Bertz CT molecular complexity index is 520. The van der Waals surface area contributed by atoms with Crippen LogP contribution >= 0.6 is 0 Å². The van der Waals surface area contributed by atoms with Gasteiger partial charge in [-0.2, -0.15) is 5.10 Å². The summed E-state index contributed by atoms with van der Waals surface area (Å²) in [5, 5.41) is 23.1. The molecule has 0 saturated heterocycles. The maximum Gasteiger partial charge on any atom is 0.243 e. The fraction of sp³-hybridized carbons (Fsp3) is 0.467. The summed E-state index contributed by atoms with van der Waals surface area (Å²) in [6.07, 6.45) is 5.21. The van der Waals surface area contributed by atoms with Crippen LogP contribution in [-0.2, 0) is 4.79 Å². The number of aromatic hydroxyl groups is 2. The number of nitrogens with zero attached hydrogens (tertiary/aromatic N) is 1. The molecule has 0 spiro atoms. The molecule has 20 heavy (non-hydrogen) atoms. The number of nitrogens with one attached hydrogen (secondary N) is 1. The Hall–Kier alpha value is -2.04. The number of rotatable bonds is 3. The smallest absolute Gasteiger partial charge is 0.243 e. The number of hydrazone groups is 1. The first kappa shape index (κ1) is 14.4. The van der Waals surface area contributed by atoms with E-state index in [-0.39, 0.29) is 23.3 Å². The Morgan fingerprint density at radius 1 is 1.25 bits per heavy atom. The predicted molar refractivity (Wildman–Crippen MR) is 76.7 cm³/mol. The molecule has 1 aromatic rings. The molecule has 5 heteroatoms. The van der Waals surface area contributed by atoms with Crippen molar-refractivity contribution in [1.82, 2.24) is 5.43 Å². The van der Waals surface area contributed by atoms with E-state index in [1.807, 2.05) is 0 Å². The first-order chi connectivity index (χ1) is 9.58. The van der Waals surface area contributed by atoms with Gasteiger partial charge in [0.15, 0.2) is 0 Å². The monoisotopic (exact) mass is 276 g/mol. The summed E-state index contributed by atoms with van der Waals surface area (Å²) in [6.45, 7) is 1.68. The zero-order valence-corrected chi connectivity index (χ0v) is 11.6. The highest BCUT2D eigenvalue weighted by Gasteiger charge is 2.20. The van der Waals surface area contributed by atoms with Gasteiger partial charge in [0, 0.05) is 11.5 Å². The van der Waals surface area contributed by atoms with Gasteiger partial charge in [0.05, 0.1) is 5.71 Å². The Labute approximate surface area is 118 Å². The molecule has 0 bridgehead atoms. The van der Waals surface area contributed by atoms with Crippen molar-refractivity contribution in [3.8, 4) is 11.5 Å². The third-order valence-corrected chi connectivity index (χ3v) is 3.68. The number of hydrogen-bond donors (Lipinski definition) is 3. The van der Waals surface area contributed by atoms with Crippen molar-refractivity contribution in [2.45, 2.75) is 39.0 Å². The van der Waals surface area contributed by atoms with E-state index in [1.54, 1.807) is 6.92 Å². The molecule has 0 aromatic heterocycles. The van der Waals surface area contributed by atoms with Crippen molar-refractivity contribution in [2.75, 3.05) is 0 Å². The van der Waals surface area contributed by atoms with Gasteiger partial charge in [0.2, 0.25) is 5.91 Å². The molecule has 0 heterocycles. The lowest BCUT2D eigenvalue weighted by Crippen LogP contribution is -2.29. The largest absolute Gasteiger partial charge is 0.508 e. The van der Waals surface area contributed by atoms with E-state index >= 15 is 0 Å². The molecule has 1 fully saturated rings. The molecular formula is C15H20N2O3. The minimum atomic E-state index is -0.0660. The molecule has 0 aliphatic heterocycles. The highest BCUT2D eigenvalue weighted by atomic mass is 16.3. The molecule has 108 valence electrons. The molecule has 1 saturated carbocycles. The molecule has 0 atom stereocenters. The van der Waals surface area contributed by atoms with Crippen molar-refractivity contribution in [3.63, 3.8) is 0 Å². The molecule has 3 N–H and O–H groups in total. The van der Waals surface area contributed by atoms with Crippen LogP contribution in [0.15, 0.2) is 23.3 Å². The minimum absolute atomic E-state index is 0.0240. The lowest BCUT2D eigenvalue weighted by atomic mass is 9.89. The van der Waals surface area contributed by atoms with Gasteiger partial charge in [-0.15, -0.1) is 0 Å². The van der Waals surface area contributed by atoms with E-state index in [1.165, 1.54) is 24.6 Å². The highest BCUT2D eigenvalue weighted by molar-refractivity contribution is 6.01. The highest BCUT2D eigenvalue weighted by Crippen LogP contribution is 2.24. The standard InChI is InChI=1S/C15H20N2O3/c1-10(13-9-12(18)7-8-14(13)19)16-17-15(20)11-5-3-2-4-6-11/h7-9,11,18-19H,2-6H2,1H3,(H,17,20)/b16-10-. The molecule has 1 aromatic carbocycles. The number of carbonyl (C=O) groups excluding carboxylic acids is 1. The van der Waals surface area contributed by atoms with E-state index in [0.717, 1.165) is 25.7 Å². The quantitative estimate of drug-likeness (QED) is 0.451. The van der Waals surface area contributed by atoms with Gasteiger partial charge in [0.1, 0.15) is 11.5 Å². The Morgan fingerprint density at radius 2 is 1.95 bits per heavy atom. The van der Waals surface area contributed by atoms with Crippen molar-refractivity contribution in [3.05, 3.63) is 23.8 Å². The maximum absolute atomic E-state index is 12.0. The summed E-state index contributed by atoms with van der Waals surface area (Å²) < 4.78 is 0. The second-order valence-electron chi connectivity index (χ2n) is 5.21. The third-order valence-electron chi connectivity index (χ3n) is 3.68. The van der Waals surface area contributed by atoms with Crippen LogP contribution in [0.5, 0.6) is 11.5 Å². The average Bonchev–Trinajstić information content (AvgIpc) is 2.47. The number of carbonyl (C=O) groups is 1. The van der Waals surface area contributed by atoms with Crippen LogP contribution < -0.4 is 5.43 Å². The second kappa shape index (κ2) is 6.41. The minimum Gasteiger partial charge on any atom is -0.508 e. The van der Waals surface area contributed by atoms with Crippen molar-refractivity contribution in [1.29, 1.82) is 0 Å². The predicted octanol–water partition coefficient (Wildman–Crippen LogP) is 2.52. The van der Waals surface area contributed by atoms with E-state index in [0.29, 0.717) is 11.3 Å². The fourth-order valence-electron chi connectivity index (χ4n) is 2.47. The Kier molecular flexibility index (Phi) is 4.61.